The van der Waals surface area contributed by atoms with Gasteiger partial charge in [0.15, 0.2) is 5.60 Å². The van der Waals surface area contributed by atoms with Gasteiger partial charge in [0, 0.05) is 29.2 Å². The molecule has 5 rings (SSSR count). The minimum atomic E-state index is -1.96. The van der Waals surface area contributed by atoms with Crippen LogP contribution in [-0.4, -0.2) is 65.3 Å². The minimum Gasteiger partial charge on any atom is -0.458 e. The number of fused-ring (bicyclic) bond motifs is 5. The van der Waals surface area contributed by atoms with E-state index < -0.39 is 29.2 Å². The van der Waals surface area contributed by atoms with Crippen LogP contribution < -0.4 is 21.5 Å². The van der Waals surface area contributed by atoms with Crippen LogP contribution in [0.1, 0.15) is 47.6 Å². The molecule has 0 saturated carbocycles. The van der Waals surface area contributed by atoms with Crippen LogP contribution in [0.5, 0.6) is 0 Å². The fourth-order valence-electron chi connectivity index (χ4n) is 5.57. The number of aromatic nitrogens is 2. The fraction of sp³-hybridized carbons (Fsp3) is 0.400. The second kappa shape index (κ2) is 12.5. The van der Waals surface area contributed by atoms with Gasteiger partial charge < -0.3 is 35.1 Å². The normalized spacial score (nSPS) is 16.5. The predicted octanol–water partition coefficient (Wildman–Crippen LogP) is 0.412. The van der Waals surface area contributed by atoms with E-state index in [2.05, 4.69) is 16.0 Å². The lowest BCUT2D eigenvalue weighted by Crippen LogP contribution is -2.44. The van der Waals surface area contributed by atoms with E-state index in [1.807, 2.05) is 0 Å². The Balaban J connectivity index is 1.35. The van der Waals surface area contributed by atoms with Crippen molar-refractivity contribution in [3.05, 3.63) is 62.2 Å². The minimum absolute atomic E-state index is 0.0173. The zero-order valence-corrected chi connectivity index (χ0v) is 24.3. The van der Waals surface area contributed by atoms with Crippen molar-refractivity contribution in [1.82, 2.24) is 25.5 Å². The van der Waals surface area contributed by atoms with E-state index in [-0.39, 0.29) is 62.7 Å². The van der Waals surface area contributed by atoms with Crippen molar-refractivity contribution < 1.29 is 38.1 Å². The summed E-state index contributed by atoms with van der Waals surface area (Å²) in [6, 6.07) is 4.70. The van der Waals surface area contributed by atoms with Gasteiger partial charge in [-0.1, -0.05) is 6.92 Å². The number of ether oxygens (including phenoxy) is 2. The first-order valence-corrected chi connectivity index (χ1v) is 14.2. The number of carbonyl (C=O) groups is 4. The van der Waals surface area contributed by atoms with E-state index in [9.17, 15) is 33.5 Å². The number of aliphatic hydroxyl groups is 1. The Morgan fingerprint density at radius 3 is 2.70 bits per heavy atom. The highest BCUT2D eigenvalue weighted by Gasteiger charge is 2.45. The van der Waals surface area contributed by atoms with Gasteiger partial charge in [-0.2, -0.15) is 0 Å². The highest BCUT2D eigenvalue weighted by atomic mass is 19.1. The Morgan fingerprint density at radius 2 is 1.95 bits per heavy atom. The maximum atomic E-state index is 14.6. The summed E-state index contributed by atoms with van der Waals surface area (Å²) in [5.41, 5.74) is 1.48. The zero-order valence-electron chi connectivity index (χ0n) is 24.3. The van der Waals surface area contributed by atoms with Crippen molar-refractivity contribution in [1.29, 1.82) is 0 Å². The van der Waals surface area contributed by atoms with Crippen LogP contribution in [0, 0.1) is 12.7 Å². The summed E-state index contributed by atoms with van der Waals surface area (Å²) in [5.74, 6) is -2.21. The van der Waals surface area contributed by atoms with Gasteiger partial charge in [0.1, 0.15) is 19.2 Å². The number of amides is 3. The Labute approximate surface area is 250 Å². The summed E-state index contributed by atoms with van der Waals surface area (Å²) < 4.78 is 26.9. The van der Waals surface area contributed by atoms with E-state index in [1.54, 1.807) is 26.0 Å². The van der Waals surface area contributed by atoms with Crippen molar-refractivity contribution in [2.24, 2.45) is 0 Å². The molecule has 2 aromatic heterocycles. The Morgan fingerprint density at radius 1 is 1.18 bits per heavy atom. The number of nitrogens with zero attached hydrogens (tertiary/aromatic N) is 2. The van der Waals surface area contributed by atoms with Crippen LogP contribution in [0.15, 0.2) is 23.0 Å². The van der Waals surface area contributed by atoms with E-state index in [0.717, 1.165) is 16.5 Å². The molecule has 2 aliphatic rings. The van der Waals surface area contributed by atoms with Gasteiger partial charge >= 0.3 is 5.97 Å². The van der Waals surface area contributed by atoms with Gasteiger partial charge in [-0.15, -0.1) is 0 Å². The van der Waals surface area contributed by atoms with Crippen molar-refractivity contribution in [3.63, 3.8) is 0 Å². The molecule has 3 aromatic rings. The average molecular weight is 610 g/mol. The highest BCUT2D eigenvalue weighted by molar-refractivity contribution is 5.90. The third kappa shape index (κ3) is 5.65. The first-order chi connectivity index (χ1) is 21.1. The Hall–Kier alpha value is -4.69. The van der Waals surface area contributed by atoms with E-state index in [0.29, 0.717) is 41.7 Å². The van der Waals surface area contributed by atoms with Gasteiger partial charge in [0.05, 0.1) is 42.1 Å². The molecule has 0 radical (unpaired) electrons. The van der Waals surface area contributed by atoms with Crippen LogP contribution >= 0.6 is 0 Å². The highest BCUT2D eigenvalue weighted by Crippen LogP contribution is 2.40. The third-order valence-corrected chi connectivity index (χ3v) is 7.97. The molecule has 0 bridgehead atoms. The maximum absolute atomic E-state index is 14.6. The van der Waals surface area contributed by atoms with Gasteiger partial charge in [-0.3, -0.25) is 19.2 Å². The quantitative estimate of drug-likeness (QED) is 0.0767. The van der Waals surface area contributed by atoms with Gasteiger partial charge in [-0.25, -0.2) is 14.2 Å². The van der Waals surface area contributed by atoms with Crippen LogP contribution in [0.4, 0.5) is 4.39 Å². The molecular weight excluding hydrogens is 577 g/mol. The number of esters is 1. The molecule has 0 spiro atoms. The number of aryl methyl sites for hydroxylation is 2. The Kier molecular flexibility index (Phi) is 8.74. The number of rotatable bonds is 12. The molecule has 14 heteroatoms. The molecule has 13 nitrogen and oxygen atoms in total. The number of hydrogen-bond donors (Lipinski definition) is 4. The van der Waals surface area contributed by atoms with Crippen molar-refractivity contribution in [3.8, 4) is 11.4 Å². The molecule has 0 fully saturated rings. The van der Waals surface area contributed by atoms with Gasteiger partial charge in [-0.05, 0) is 49.4 Å². The molecule has 2 aliphatic heterocycles. The summed E-state index contributed by atoms with van der Waals surface area (Å²) in [5, 5.41) is 19.0. The van der Waals surface area contributed by atoms with Crippen LogP contribution in [0.3, 0.4) is 0 Å². The summed E-state index contributed by atoms with van der Waals surface area (Å²) in [6.45, 7) is 2.93. The molecule has 1 atom stereocenters. The SMILES string of the molecule is CC[C@@]1(O)C(=O)OCc2c1cc1n(c2=O)Cc2c-1nc1cc(F)c(C)cc1c2CCCOCNC(=O)CNC(=O)CNC=O. The molecule has 4 heterocycles. The number of benzene rings is 1. The number of carbonyl (C=O) groups excluding carboxylic acids is 4. The van der Waals surface area contributed by atoms with Gasteiger partial charge in [0.25, 0.3) is 5.56 Å². The third-order valence-electron chi connectivity index (χ3n) is 7.97. The van der Waals surface area contributed by atoms with Crippen LogP contribution in [0.25, 0.3) is 22.3 Å². The lowest BCUT2D eigenvalue weighted by Gasteiger charge is -2.31. The summed E-state index contributed by atoms with van der Waals surface area (Å²) in [4.78, 5) is 64.4. The summed E-state index contributed by atoms with van der Waals surface area (Å²) in [6.07, 6.45) is 1.41. The van der Waals surface area contributed by atoms with Crippen LogP contribution in [0.2, 0.25) is 0 Å². The number of halogens is 1. The molecule has 3 amide bonds. The van der Waals surface area contributed by atoms with Crippen molar-refractivity contribution >= 4 is 35.1 Å². The number of nitrogens with one attached hydrogen (secondary N) is 3. The van der Waals surface area contributed by atoms with Crippen molar-refractivity contribution in [2.45, 2.75) is 51.9 Å². The standard InChI is InChI=1S/C30H32FN5O8/c1-3-30(42)21-8-24-27-19(12-36(24)28(40)20(21)13-44-29(30)41)17(18-7-16(2)22(31)9-23(18)35-27)5-4-6-43-15-34-26(39)11-33-25(38)10-32-14-37/h7-9,14,42H,3-6,10-13,15H2,1-2H3,(H,32,37)(H,33,38)(H,34,39)/t30-/m0/s1. The summed E-state index contributed by atoms with van der Waals surface area (Å²) in [7, 11) is 0. The van der Waals surface area contributed by atoms with E-state index >= 15 is 0 Å². The van der Waals surface area contributed by atoms with Crippen LogP contribution in [-0.2, 0) is 53.8 Å². The second-order valence-corrected chi connectivity index (χ2v) is 10.7. The Bertz CT molecular complexity index is 1740. The first kappa shape index (κ1) is 30.8. The molecule has 0 unspecified atom stereocenters. The maximum Gasteiger partial charge on any atom is 0.343 e. The first-order valence-electron chi connectivity index (χ1n) is 14.2. The van der Waals surface area contributed by atoms with Crippen molar-refractivity contribution in [2.75, 3.05) is 26.4 Å². The molecule has 44 heavy (non-hydrogen) atoms. The largest absolute Gasteiger partial charge is 0.458 e. The summed E-state index contributed by atoms with van der Waals surface area (Å²) >= 11 is 0. The number of hydrogen-bond acceptors (Lipinski definition) is 9. The average Bonchev–Trinajstić information content (AvgIpc) is 3.37. The number of cyclic esters (lactones) is 1. The number of pyridine rings is 2. The fourth-order valence-corrected chi connectivity index (χ4v) is 5.57. The monoisotopic (exact) mass is 609 g/mol. The topological polar surface area (TPSA) is 178 Å². The lowest BCUT2D eigenvalue weighted by atomic mass is 9.86. The van der Waals surface area contributed by atoms with Gasteiger partial charge in [0.2, 0.25) is 18.2 Å². The molecule has 232 valence electrons. The molecule has 1 aromatic carbocycles. The second-order valence-electron chi connectivity index (χ2n) is 10.7. The predicted molar refractivity (Wildman–Crippen MR) is 154 cm³/mol. The zero-order chi connectivity index (χ0) is 31.6. The van der Waals surface area contributed by atoms with E-state index in [1.165, 1.54) is 10.6 Å². The molecule has 0 saturated heterocycles. The smallest absolute Gasteiger partial charge is 0.343 e. The molecule has 0 aliphatic carbocycles. The van der Waals surface area contributed by atoms with E-state index in [4.69, 9.17) is 14.5 Å². The lowest BCUT2D eigenvalue weighted by molar-refractivity contribution is -0.172. The molecular formula is C30H32FN5O8. The molecule has 4 N–H and O–H groups in total.